The molecule has 0 fully saturated rings. The highest BCUT2D eigenvalue weighted by atomic mass is 19.4. The lowest BCUT2D eigenvalue weighted by Crippen LogP contribution is -2.37. The molecule has 0 aliphatic rings. The van der Waals surface area contributed by atoms with Crippen molar-refractivity contribution in [1.82, 2.24) is 9.97 Å². The van der Waals surface area contributed by atoms with Crippen molar-refractivity contribution in [3.05, 3.63) is 36.7 Å². The van der Waals surface area contributed by atoms with E-state index in [0.717, 1.165) is 43.4 Å². The first kappa shape index (κ1) is 29.9. The van der Waals surface area contributed by atoms with Gasteiger partial charge in [0.15, 0.2) is 17.7 Å². The molecule has 1 atom stereocenters. The first-order valence-electron chi connectivity index (χ1n) is 13.3. The number of hydrogen-bond acceptors (Lipinski definition) is 5. The van der Waals surface area contributed by atoms with Crippen LogP contribution >= 0.6 is 0 Å². The van der Waals surface area contributed by atoms with E-state index in [1.165, 1.54) is 44.5 Å². The van der Waals surface area contributed by atoms with Crippen molar-refractivity contribution in [2.45, 2.75) is 96.8 Å². The summed E-state index contributed by atoms with van der Waals surface area (Å²) in [5.74, 6) is 1.41. The number of halogens is 3. The van der Waals surface area contributed by atoms with Crippen LogP contribution in [0.15, 0.2) is 36.7 Å². The highest BCUT2D eigenvalue weighted by molar-refractivity contribution is 5.56. The Morgan fingerprint density at radius 1 is 0.694 bits per heavy atom. The molecule has 0 spiro atoms. The maximum absolute atomic E-state index is 13.3. The van der Waals surface area contributed by atoms with Gasteiger partial charge >= 0.3 is 6.18 Å². The van der Waals surface area contributed by atoms with Gasteiger partial charge in [-0.25, -0.2) is 9.97 Å². The van der Waals surface area contributed by atoms with Crippen molar-refractivity contribution in [2.75, 3.05) is 19.8 Å². The Balaban J connectivity index is 1.77. The van der Waals surface area contributed by atoms with E-state index in [0.29, 0.717) is 18.9 Å². The Hall–Kier alpha value is -2.35. The quantitative estimate of drug-likeness (QED) is 0.178. The number of alkyl halides is 3. The average Bonchev–Trinajstić information content (AvgIpc) is 2.87. The van der Waals surface area contributed by atoms with E-state index >= 15 is 0 Å². The number of unbranched alkanes of at least 4 members (excludes halogenated alkanes) is 9. The Bertz CT molecular complexity index is 814. The van der Waals surface area contributed by atoms with Gasteiger partial charge < -0.3 is 14.2 Å². The molecule has 0 amide bonds. The van der Waals surface area contributed by atoms with Crippen LogP contribution < -0.4 is 9.47 Å². The number of rotatable bonds is 19. The number of benzene rings is 1. The smallest absolute Gasteiger partial charge is 0.417 e. The minimum absolute atomic E-state index is 0.0609. The van der Waals surface area contributed by atoms with Crippen LogP contribution in [0.1, 0.15) is 84.5 Å². The van der Waals surface area contributed by atoms with Gasteiger partial charge in [-0.2, -0.15) is 13.2 Å². The molecule has 2 aromatic rings. The second kappa shape index (κ2) is 17.2. The molecule has 0 N–H and O–H groups in total. The summed E-state index contributed by atoms with van der Waals surface area (Å²) in [6.07, 6.45) is 8.20. The highest BCUT2D eigenvalue weighted by Gasteiger charge is 2.41. The Morgan fingerprint density at radius 3 is 1.83 bits per heavy atom. The molecule has 0 aliphatic carbocycles. The van der Waals surface area contributed by atoms with Crippen molar-refractivity contribution in [1.29, 1.82) is 0 Å². The fourth-order valence-electron chi connectivity index (χ4n) is 3.65. The number of ether oxygens (including phenoxy) is 3. The van der Waals surface area contributed by atoms with Gasteiger partial charge in [0.25, 0.3) is 0 Å². The Kier molecular flexibility index (Phi) is 14.2. The summed E-state index contributed by atoms with van der Waals surface area (Å²) >= 11 is 0. The summed E-state index contributed by atoms with van der Waals surface area (Å²) in [4.78, 5) is 8.47. The van der Waals surface area contributed by atoms with Crippen LogP contribution in [0.4, 0.5) is 13.2 Å². The minimum atomic E-state index is -4.50. The van der Waals surface area contributed by atoms with Crippen LogP contribution in [0.2, 0.25) is 0 Å². The van der Waals surface area contributed by atoms with Crippen LogP contribution in [-0.4, -0.2) is 42.1 Å². The molecular formula is C28H41F3N2O3. The topological polar surface area (TPSA) is 53.5 Å². The normalized spacial score (nSPS) is 12.5. The SMILES string of the molecule is CCCCCCCCOc1ccc(-c2ncc(OCC(OCCCCCCC)C(F)(F)F)cn2)cc1. The monoisotopic (exact) mass is 510 g/mol. The number of aromatic nitrogens is 2. The summed E-state index contributed by atoms with van der Waals surface area (Å²) in [6.45, 7) is 4.42. The zero-order chi connectivity index (χ0) is 26.1. The fourth-order valence-corrected chi connectivity index (χ4v) is 3.65. The lowest BCUT2D eigenvalue weighted by molar-refractivity contribution is -0.227. The predicted octanol–water partition coefficient (Wildman–Crippen LogP) is 8.18. The Labute approximate surface area is 213 Å². The molecular weight excluding hydrogens is 469 g/mol. The molecule has 0 aliphatic heterocycles. The van der Waals surface area contributed by atoms with Crippen LogP contribution in [-0.2, 0) is 4.74 Å². The van der Waals surface area contributed by atoms with E-state index < -0.39 is 18.9 Å². The van der Waals surface area contributed by atoms with Crippen LogP contribution in [0.3, 0.4) is 0 Å². The largest absolute Gasteiger partial charge is 0.494 e. The van der Waals surface area contributed by atoms with E-state index in [1.807, 2.05) is 24.3 Å². The summed E-state index contributed by atoms with van der Waals surface area (Å²) in [5.41, 5.74) is 0.785. The van der Waals surface area contributed by atoms with Crippen LogP contribution in [0.25, 0.3) is 11.4 Å². The lowest BCUT2D eigenvalue weighted by Gasteiger charge is -2.21. The molecule has 36 heavy (non-hydrogen) atoms. The molecule has 2 rings (SSSR count). The highest BCUT2D eigenvalue weighted by Crippen LogP contribution is 2.25. The first-order chi connectivity index (χ1) is 17.4. The van der Waals surface area contributed by atoms with Crippen molar-refractivity contribution >= 4 is 0 Å². The van der Waals surface area contributed by atoms with E-state index in [1.54, 1.807) is 0 Å². The molecule has 1 aromatic heterocycles. The van der Waals surface area contributed by atoms with Gasteiger partial charge in [0.2, 0.25) is 0 Å². The van der Waals surface area contributed by atoms with Gasteiger partial charge in [0.1, 0.15) is 12.4 Å². The Morgan fingerprint density at radius 2 is 1.25 bits per heavy atom. The van der Waals surface area contributed by atoms with E-state index in [-0.39, 0.29) is 12.4 Å². The molecule has 0 radical (unpaired) electrons. The lowest BCUT2D eigenvalue weighted by atomic mass is 10.1. The van der Waals surface area contributed by atoms with Crippen LogP contribution in [0, 0.1) is 0 Å². The molecule has 1 heterocycles. The van der Waals surface area contributed by atoms with Gasteiger partial charge in [-0.05, 0) is 37.1 Å². The summed E-state index contributed by atoms with van der Waals surface area (Å²) in [5, 5.41) is 0. The minimum Gasteiger partial charge on any atom is -0.494 e. The molecule has 1 unspecified atom stereocenters. The van der Waals surface area contributed by atoms with Gasteiger partial charge in [-0.3, -0.25) is 0 Å². The number of nitrogens with zero attached hydrogens (tertiary/aromatic N) is 2. The third-order valence-electron chi connectivity index (χ3n) is 5.84. The van der Waals surface area contributed by atoms with Crippen molar-refractivity contribution in [2.24, 2.45) is 0 Å². The predicted molar refractivity (Wildman–Crippen MR) is 136 cm³/mol. The maximum Gasteiger partial charge on any atom is 0.417 e. The van der Waals surface area contributed by atoms with Crippen LogP contribution in [0.5, 0.6) is 11.5 Å². The van der Waals surface area contributed by atoms with Gasteiger partial charge in [-0.1, -0.05) is 71.6 Å². The third-order valence-corrected chi connectivity index (χ3v) is 5.84. The van der Waals surface area contributed by atoms with E-state index in [2.05, 4.69) is 23.8 Å². The van der Waals surface area contributed by atoms with Crippen molar-refractivity contribution in [3.63, 3.8) is 0 Å². The summed E-state index contributed by atoms with van der Waals surface area (Å²) < 4.78 is 56.0. The van der Waals surface area contributed by atoms with Crippen molar-refractivity contribution in [3.8, 4) is 22.9 Å². The van der Waals surface area contributed by atoms with E-state index in [4.69, 9.17) is 14.2 Å². The zero-order valence-electron chi connectivity index (χ0n) is 21.7. The fraction of sp³-hybridized carbons (Fsp3) is 0.643. The zero-order valence-corrected chi connectivity index (χ0v) is 21.7. The molecule has 0 saturated heterocycles. The third kappa shape index (κ3) is 12.1. The van der Waals surface area contributed by atoms with E-state index in [9.17, 15) is 13.2 Å². The molecule has 5 nitrogen and oxygen atoms in total. The standard InChI is InChI=1S/C28H41F3N2O3/c1-3-5-7-9-11-12-18-34-24-16-14-23(15-17-24)27-32-20-25(21-33-27)36-22-26(28(29,30)31)35-19-13-10-8-6-4-2/h14-17,20-21,26H,3-13,18-19,22H2,1-2H3. The second-order valence-corrected chi connectivity index (χ2v) is 9.01. The first-order valence-corrected chi connectivity index (χ1v) is 13.3. The average molecular weight is 511 g/mol. The molecule has 1 aromatic carbocycles. The van der Waals surface area contributed by atoms with Gasteiger partial charge in [0, 0.05) is 12.2 Å². The van der Waals surface area contributed by atoms with Gasteiger partial charge in [0.05, 0.1) is 19.0 Å². The molecule has 0 bridgehead atoms. The summed E-state index contributed by atoms with van der Waals surface area (Å²) in [7, 11) is 0. The van der Waals surface area contributed by atoms with Gasteiger partial charge in [-0.15, -0.1) is 0 Å². The molecule has 0 saturated carbocycles. The number of hydrogen-bond donors (Lipinski definition) is 0. The molecule has 202 valence electrons. The maximum atomic E-state index is 13.3. The second-order valence-electron chi connectivity index (χ2n) is 9.01. The molecule has 8 heteroatoms. The summed E-state index contributed by atoms with van der Waals surface area (Å²) in [6, 6.07) is 7.46. The van der Waals surface area contributed by atoms with Crippen molar-refractivity contribution < 1.29 is 27.4 Å².